The van der Waals surface area contributed by atoms with Gasteiger partial charge in [-0.2, -0.15) is 0 Å². The highest BCUT2D eigenvalue weighted by Crippen LogP contribution is 2.46. The van der Waals surface area contributed by atoms with Crippen molar-refractivity contribution in [3.8, 4) is 0 Å². The van der Waals surface area contributed by atoms with Crippen molar-refractivity contribution in [3.05, 3.63) is 29.8 Å². The number of carbonyl (C=O) groups excluding carboxylic acids is 3. The normalized spacial score (nSPS) is 27.2. The Hall–Kier alpha value is -2.41. The molecule has 0 radical (unpaired) electrons. The Morgan fingerprint density at radius 3 is 2.14 bits per heavy atom. The van der Waals surface area contributed by atoms with Gasteiger partial charge < -0.3 is 19.5 Å². The summed E-state index contributed by atoms with van der Waals surface area (Å²) in [7, 11) is 3.79. The van der Waals surface area contributed by atoms with E-state index in [1.54, 1.807) is 26.0 Å². The van der Waals surface area contributed by atoms with Crippen LogP contribution in [0.2, 0.25) is 0 Å². The van der Waals surface area contributed by atoms with Crippen LogP contribution >= 0.6 is 0 Å². The van der Waals surface area contributed by atoms with Crippen molar-refractivity contribution in [1.82, 2.24) is 0 Å². The molecule has 0 spiro atoms. The summed E-state index contributed by atoms with van der Waals surface area (Å²) in [4.78, 5) is 40.1. The molecule has 1 N–H and O–H groups in total. The number of Topliss-reactive ketones (excluding diaryl/α,β-unsaturated/α-hetero) is 1. The largest absolute Gasteiger partial charge is 0.466 e. The van der Waals surface area contributed by atoms with Crippen LogP contribution in [-0.2, 0) is 23.9 Å². The van der Waals surface area contributed by atoms with E-state index < -0.39 is 41.1 Å². The van der Waals surface area contributed by atoms with E-state index in [0.717, 1.165) is 5.69 Å². The third-order valence-electron chi connectivity index (χ3n) is 5.14. The van der Waals surface area contributed by atoms with Gasteiger partial charge in [0.15, 0.2) is 5.78 Å². The van der Waals surface area contributed by atoms with Crippen molar-refractivity contribution in [3.63, 3.8) is 0 Å². The van der Waals surface area contributed by atoms with Crippen LogP contribution in [0, 0.1) is 11.8 Å². The molecule has 1 aliphatic rings. The van der Waals surface area contributed by atoms with Gasteiger partial charge in [-0.1, -0.05) is 12.1 Å². The smallest absolute Gasteiger partial charge is 0.317 e. The molecule has 28 heavy (non-hydrogen) atoms. The molecule has 0 saturated heterocycles. The first-order chi connectivity index (χ1) is 13.1. The van der Waals surface area contributed by atoms with E-state index in [1.165, 1.54) is 6.92 Å². The summed E-state index contributed by atoms with van der Waals surface area (Å²) in [6.07, 6.45) is -0.313. The minimum Gasteiger partial charge on any atom is -0.466 e. The molecule has 154 valence electrons. The van der Waals surface area contributed by atoms with Gasteiger partial charge in [0.2, 0.25) is 0 Å². The Bertz CT molecular complexity index is 725. The molecule has 0 heterocycles. The highest BCUT2D eigenvalue weighted by atomic mass is 16.5. The maximum absolute atomic E-state index is 12.8. The number of ketones is 1. The van der Waals surface area contributed by atoms with E-state index >= 15 is 0 Å². The molecule has 1 aromatic rings. The SMILES string of the molecule is CCOC(=O)[C@@H]1C(=O)C[C@](C)(O)[C@@H](C(=O)OCC)[C@@H]1c1ccc(N(C)C)cc1. The highest BCUT2D eigenvalue weighted by molar-refractivity contribution is 6.02. The lowest BCUT2D eigenvalue weighted by Crippen LogP contribution is -2.55. The summed E-state index contributed by atoms with van der Waals surface area (Å²) < 4.78 is 10.3. The first-order valence-corrected chi connectivity index (χ1v) is 9.49. The van der Waals surface area contributed by atoms with Gasteiger partial charge in [-0.25, -0.2) is 0 Å². The van der Waals surface area contributed by atoms with E-state index in [1.807, 2.05) is 31.1 Å². The molecule has 1 saturated carbocycles. The fourth-order valence-corrected chi connectivity index (χ4v) is 3.87. The van der Waals surface area contributed by atoms with Gasteiger partial charge in [0.05, 0.1) is 24.7 Å². The summed E-state index contributed by atoms with van der Waals surface area (Å²) in [5.41, 5.74) is -0.0925. The van der Waals surface area contributed by atoms with E-state index in [2.05, 4.69) is 0 Å². The Kier molecular flexibility index (Phi) is 6.82. The zero-order valence-corrected chi connectivity index (χ0v) is 17.1. The average molecular weight is 391 g/mol. The number of anilines is 1. The number of carbonyl (C=O) groups is 3. The number of hydrogen-bond donors (Lipinski definition) is 1. The predicted molar refractivity (Wildman–Crippen MR) is 104 cm³/mol. The Balaban J connectivity index is 2.59. The van der Waals surface area contributed by atoms with E-state index in [9.17, 15) is 19.5 Å². The zero-order chi connectivity index (χ0) is 21.1. The average Bonchev–Trinajstić information content (AvgIpc) is 2.60. The van der Waals surface area contributed by atoms with Crippen LogP contribution in [0.25, 0.3) is 0 Å². The van der Waals surface area contributed by atoms with E-state index in [4.69, 9.17) is 9.47 Å². The van der Waals surface area contributed by atoms with Crippen molar-refractivity contribution < 1.29 is 29.0 Å². The first-order valence-electron chi connectivity index (χ1n) is 9.49. The van der Waals surface area contributed by atoms with Crippen LogP contribution in [0.15, 0.2) is 24.3 Å². The van der Waals surface area contributed by atoms with Crippen LogP contribution in [0.1, 0.15) is 38.7 Å². The van der Waals surface area contributed by atoms with E-state index in [0.29, 0.717) is 5.56 Å². The quantitative estimate of drug-likeness (QED) is 0.585. The fourth-order valence-electron chi connectivity index (χ4n) is 3.87. The monoisotopic (exact) mass is 391 g/mol. The Labute approximate surface area is 165 Å². The predicted octanol–water partition coefficient (Wildman–Crippen LogP) is 1.92. The number of nitrogens with zero attached hydrogens (tertiary/aromatic N) is 1. The van der Waals surface area contributed by atoms with Crippen LogP contribution in [0.5, 0.6) is 0 Å². The summed E-state index contributed by atoms with van der Waals surface area (Å²) >= 11 is 0. The van der Waals surface area contributed by atoms with Gasteiger partial charge in [-0.15, -0.1) is 0 Å². The molecule has 0 aromatic heterocycles. The van der Waals surface area contributed by atoms with Crippen molar-refractivity contribution in [2.45, 2.75) is 38.7 Å². The van der Waals surface area contributed by atoms with Crippen LogP contribution in [-0.4, -0.2) is 55.7 Å². The van der Waals surface area contributed by atoms with Gasteiger partial charge in [-0.05, 0) is 38.5 Å². The van der Waals surface area contributed by atoms with Crippen molar-refractivity contribution >= 4 is 23.4 Å². The number of ether oxygens (including phenoxy) is 2. The van der Waals surface area contributed by atoms with Crippen molar-refractivity contribution in [1.29, 1.82) is 0 Å². The van der Waals surface area contributed by atoms with Crippen molar-refractivity contribution in [2.75, 3.05) is 32.2 Å². The molecular formula is C21H29NO6. The molecular weight excluding hydrogens is 362 g/mol. The summed E-state index contributed by atoms with van der Waals surface area (Å²) in [6.45, 7) is 5.02. The number of benzene rings is 1. The van der Waals surface area contributed by atoms with Crippen LogP contribution < -0.4 is 4.90 Å². The Morgan fingerprint density at radius 1 is 1.11 bits per heavy atom. The molecule has 7 heteroatoms. The molecule has 1 aliphatic carbocycles. The second-order valence-electron chi connectivity index (χ2n) is 7.47. The number of esters is 2. The maximum atomic E-state index is 12.8. The van der Waals surface area contributed by atoms with Gasteiger partial charge in [0, 0.05) is 32.1 Å². The molecule has 1 fully saturated rings. The lowest BCUT2D eigenvalue weighted by Gasteiger charge is -2.43. The number of hydrogen-bond acceptors (Lipinski definition) is 7. The fraction of sp³-hybridized carbons (Fsp3) is 0.571. The number of aliphatic hydroxyl groups is 1. The lowest BCUT2D eigenvalue weighted by atomic mass is 9.61. The Morgan fingerprint density at radius 2 is 1.64 bits per heavy atom. The lowest BCUT2D eigenvalue weighted by molar-refractivity contribution is -0.172. The minimum absolute atomic E-state index is 0.120. The summed E-state index contributed by atoms with van der Waals surface area (Å²) in [5, 5.41) is 10.9. The van der Waals surface area contributed by atoms with Gasteiger partial charge in [0.1, 0.15) is 5.92 Å². The first kappa shape index (κ1) is 21.9. The van der Waals surface area contributed by atoms with Crippen LogP contribution in [0.3, 0.4) is 0 Å². The third kappa shape index (κ3) is 4.35. The molecule has 4 atom stereocenters. The maximum Gasteiger partial charge on any atom is 0.317 e. The van der Waals surface area contributed by atoms with Gasteiger partial charge in [-0.3, -0.25) is 14.4 Å². The van der Waals surface area contributed by atoms with E-state index in [-0.39, 0.29) is 19.6 Å². The molecule has 2 rings (SSSR count). The topological polar surface area (TPSA) is 93.1 Å². The third-order valence-corrected chi connectivity index (χ3v) is 5.14. The molecule has 7 nitrogen and oxygen atoms in total. The van der Waals surface area contributed by atoms with Gasteiger partial charge >= 0.3 is 11.9 Å². The number of rotatable bonds is 6. The zero-order valence-electron chi connectivity index (χ0n) is 17.1. The molecule has 0 amide bonds. The second kappa shape index (κ2) is 8.73. The molecule has 0 bridgehead atoms. The van der Waals surface area contributed by atoms with Crippen molar-refractivity contribution in [2.24, 2.45) is 11.8 Å². The summed E-state index contributed by atoms with van der Waals surface area (Å²) in [5.74, 6) is -4.85. The van der Waals surface area contributed by atoms with Crippen LogP contribution in [0.4, 0.5) is 5.69 Å². The standard InChI is InChI=1S/C21H29NO6/c1-6-27-19(24)17-15(23)12-21(3,26)18(20(25)28-7-2)16(17)13-8-10-14(11-9-13)22(4)5/h8-11,16-18,26H,6-7,12H2,1-5H3/t16-,17-,18-,21+/m1/s1. The second-order valence-corrected chi connectivity index (χ2v) is 7.47. The van der Waals surface area contributed by atoms with Gasteiger partial charge in [0.25, 0.3) is 0 Å². The highest BCUT2D eigenvalue weighted by Gasteiger charge is 2.57. The minimum atomic E-state index is -1.63. The molecule has 0 unspecified atom stereocenters. The molecule has 0 aliphatic heterocycles. The summed E-state index contributed by atoms with van der Waals surface area (Å²) in [6, 6.07) is 7.22. The molecule has 1 aromatic carbocycles.